The van der Waals surface area contributed by atoms with Gasteiger partial charge in [-0.3, -0.25) is 4.90 Å². The highest BCUT2D eigenvalue weighted by Crippen LogP contribution is 2.25. The van der Waals surface area contributed by atoms with E-state index in [4.69, 9.17) is 10.8 Å². The Morgan fingerprint density at radius 3 is 2.45 bits per heavy atom. The molecule has 0 spiro atoms. The van der Waals surface area contributed by atoms with Crippen LogP contribution in [0.1, 0.15) is 24.2 Å². The monoisotopic (exact) mass is 277 g/mol. The van der Waals surface area contributed by atoms with E-state index in [1.165, 1.54) is 6.07 Å². The molecule has 1 saturated heterocycles. The zero-order valence-corrected chi connectivity index (χ0v) is 12.2. The molecule has 0 atom stereocenters. The van der Waals surface area contributed by atoms with Crippen LogP contribution in [0.25, 0.3) is 0 Å². The third-order valence-corrected chi connectivity index (χ3v) is 3.61. The molecule has 0 saturated carbocycles. The molecule has 0 aliphatic carbocycles. The number of carboxylic acids is 1. The fourth-order valence-corrected chi connectivity index (χ4v) is 2.66. The molecular formula is C15H23N3O2. The van der Waals surface area contributed by atoms with E-state index in [1.54, 1.807) is 6.07 Å². The molecule has 0 amide bonds. The molecule has 1 aromatic rings. The average Bonchev–Trinajstić information content (AvgIpc) is 2.39. The third-order valence-electron chi connectivity index (χ3n) is 3.61. The van der Waals surface area contributed by atoms with Gasteiger partial charge in [0, 0.05) is 32.7 Å². The van der Waals surface area contributed by atoms with Gasteiger partial charge in [-0.15, -0.1) is 0 Å². The first-order valence-electron chi connectivity index (χ1n) is 7.07. The molecule has 0 bridgehead atoms. The lowest BCUT2D eigenvalue weighted by Gasteiger charge is -2.37. The highest BCUT2D eigenvalue weighted by atomic mass is 16.4. The van der Waals surface area contributed by atoms with E-state index in [0.717, 1.165) is 38.4 Å². The van der Waals surface area contributed by atoms with Crippen LogP contribution in [-0.2, 0) is 0 Å². The number of rotatable bonds is 4. The normalized spacial score (nSPS) is 16.6. The lowest BCUT2D eigenvalue weighted by molar-refractivity contribution is 0.0697. The van der Waals surface area contributed by atoms with Gasteiger partial charge in [-0.2, -0.15) is 0 Å². The van der Waals surface area contributed by atoms with Crippen molar-refractivity contribution in [2.45, 2.75) is 13.8 Å². The van der Waals surface area contributed by atoms with Crippen LogP contribution in [0.4, 0.5) is 11.4 Å². The molecule has 3 N–H and O–H groups in total. The number of hydrogen-bond donors (Lipinski definition) is 2. The third kappa shape index (κ3) is 3.42. The van der Waals surface area contributed by atoms with E-state index < -0.39 is 5.97 Å². The second kappa shape index (κ2) is 6.13. The van der Waals surface area contributed by atoms with Crippen molar-refractivity contribution < 1.29 is 9.90 Å². The molecule has 1 aliphatic rings. The minimum absolute atomic E-state index is 0.240. The average molecular weight is 277 g/mol. The number of piperazine rings is 1. The maximum atomic E-state index is 10.9. The summed E-state index contributed by atoms with van der Waals surface area (Å²) in [6.07, 6.45) is 0. The molecule has 1 heterocycles. The summed E-state index contributed by atoms with van der Waals surface area (Å²) in [5.41, 5.74) is 7.71. The van der Waals surface area contributed by atoms with Crippen molar-refractivity contribution in [2.24, 2.45) is 5.92 Å². The summed E-state index contributed by atoms with van der Waals surface area (Å²) < 4.78 is 0. The van der Waals surface area contributed by atoms with Gasteiger partial charge in [0.15, 0.2) is 0 Å². The maximum Gasteiger partial charge on any atom is 0.335 e. The van der Waals surface area contributed by atoms with Crippen LogP contribution in [0.3, 0.4) is 0 Å². The van der Waals surface area contributed by atoms with Gasteiger partial charge in [-0.05, 0) is 24.1 Å². The van der Waals surface area contributed by atoms with Crippen molar-refractivity contribution in [3.8, 4) is 0 Å². The number of nitrogens with two attached hydrogens (primary N) is 1. The maximum absolute atomic E-state index is 10.9. The van der Waals surface area contributed by atoms with E-state index in [0.29, 0.717) is 11.6 Å². The molecule has 0 aromatic heterocycles. The zero-order valence-electron chi connectivity index (χ0n) is 12.2. The van der Waals surface area contributed by atoms with E-state index in [1.807, 2.05) is 6.07 Å². The van der Waals surface area contributed by atoms with Crippen LogP contribution in [-0.4, -0.2) is 48.7 Å². The highest BCUT2D eigenvalue weighted by Gasteiger charge is 2.19. The minimum Gasteiger partial charge on any atom is -0.478 e. The first-order chi connectivity index (χ1) is 9.47. The van der Waals surface area contributed by atoms with Gasteiger partial charge in [0.25, 0.3) is 0 Å². The second-order valence-corrected chi connectivity index (χ2v) is 5.76. The first-order valence-corrected chi connectivity index (χ1v) is 7.07. The van der Waals surface area contributed by atoms with E-state index >= 15 is 0 Å². The molecule has 0 radical (unpaired) electrons. The Morgan fingerprint density at radius 2 is 1.95 bits per heavy atom. The molecule has 110 valence electrons. The molecular weight excluding hydrogens is 254 g/mol. The molecule has 5 heteroatoms. The molecule has 1 fully saturated rings. The van der Waals surface area contributed by atoms with Crippen molar-refractivity contribution in [3.63, 3.8) is 0 Å². The van der Waals surface area contributed by atoms with Crippen LogP contribution in [0.15, 0.2) is 18.2 Å². The quantitative estimate of drug-likeness (QED) is 0.820. The summed E-state index contributed by atoms with van der Waals surface area (Å²) in [5, 5.41) is 8.95. The van der Waals surface area contributed by atoms with Crippen LogP contribution < -0.4 is 10.6 Å². The Hall–Kier alpha value is -1.75. The lowest BCUT2D eigenvalue weighted by atomic mass is 10.1. The SMILES string of the molecule is CC(C)CN1CCN(c2ccc(C(=O)O)cc2N)CC1. The number of hydrogen-bond acceptors (Lipinski definition) is 4. The van der Waals surface area contributed by atoms with Crippen LogP contribution in [0, 0.1) is 5.92 Å². The van der Waals surface area contributed by atoms with Gasteiger partial charge in [-0.25, -0.2) is 4.79 Å². The van der Waals surface area contributed by atoms with Gasteiger partial charge in [0.1, 0.15) is 0 Å². The van der Waals surface area contributed by atoms with Gasteiger partial charge in [0.05, 0.1) is 16.9 Å². The summed E-state index contributed by atoms with van der Waals surface area (Å²) in [6, 6.07) is 4.98. The van der Waals surface area contributed by atoms with Crippen LogP contribution in [0.2, 0.25) is 0 Å². The molecule has 5 nitrogen and oxygen atoms in total. The van der Waals surface area contributed by atoms with Gasteiger partial charge >= 0.3 is 5.97 Å². The van der Waals surface area contributed by atoms with Crippen LogP contribution >= 0.6 is 0 Å². The Kier molecular flexibility index (Phi) is 4.49. The Morgan fingerprint density at radius 1 is 1.30 bits per heavy atom. The predicted molar refractivity (Wildman–Crippen MR) is 81.3 cm³/mol. The van der Waals surface area contributed by atoms with E-state index in [-0.39, 0.29) is 5.56 Å². The standard InChI is InChI=1S/C15H23N3O2/c1-11(2)10-17-5-7-18(8-6-17)14-4-3-12(15(19)20)9-13(14)16/h3-4,9,11H,5-8,10,16H2,1-2H3,(H,19,20). The van der Waals surface area contributed by atoms with Crippen molar-refractivity contribution in [2.75, 3.05) is 43.4 Å². The van der Waals surface area contributed by atoms with Gasteiger partial charge < -0.3 is 15.7 Å². The Bertz CT molecular complexity index is 480. The second-order valence-electron chi connectivity index (χ2n) is 5.76. The number of nitrogen functional groups attached to an aromatic ring is 1. The molecule has 2 rings (SSSR count). The lowest BCUT2D eigenvalue weighted by Crippen LogP contribution is -2.47. The van der Waals surface area contributed by atoms with E-state index in [2.05, 4.69) is 23.6 Å². The minimum atomic E-state index is -0.940. The number of anilines is 2. The molecule has 20 heavy (non-hydrogen) atoms. The van der Waals surface area contributed by atoms with Crippen molar-refractivity contribution >= 4 is 17.3 Å². The van der Waals surface area contributed by atoms with Crippen LogP contribution in [0.5, 0.6) is 0 Å². The fourth-order valence-electron chi connectivity index (χ4n) is 2.66. The fraction of sp³-hybridized carbons (Fsp3) is 0.533. The summed E-state index contributed by atoms with van der Waals surface area (Å²) in [4.78, 5) is 15.6. The first kappa shape index (κ1) is 14.7. The van der Waals surface area contributed by atoms with Crippen molar-refractivity contribution in [3.05, 3.63) is 23.8 Å². The Labute approximate surface area is 120 Å². The molecule has 1 aliphatic heterocycles. The molecule has 0 unspecified atom stereocenters. The zero-order chi connectivity index (χ0) is 14.7. The largest absolute Gasteiger partial charge is 0.478 e. The molecule has 1 aromatic carbocycles. The number of aromatic carboxylic acids is 1. The summed E-state index contributed by atoms with van der Waals surface area (Å²) >= 11 is 0. The Balaban J connectivity index is 2.02. The van der Waals surface area contributed by atoms with Crippen molar-refractivity contribution in [1.82, 2.24) is 4.90 Å². The number of carboxylic acid groups (broad SMARTS) is 1. The van der Waals surface area contributed by atoms with Gasteiger partial charge in [-0.1, -0.05) is 13.8 Å². The highest BCUT2D eigenvalue weighted by molar-refractivity contribution is 5.90. The number of benzene rings is 1. The summed E-state index contributed by atoms with van der Waals surface area (Å²) in [5.74, 6) is -0.258. The van der Waals surface area contributed by atoms with Gasteiger partial charge in [0.2, 0.25) is 0 Å². The summed E-state index contributed by atoms with van der Waals surface area (Å²) in [7, 11) is 0. The predicted octanol–water partition coefficient (Wildman–Crippen LogP) is 1.75. The van der Waals surface area contributed by atoms with Crippen molar-refractivity contribution in [1.29, 1.82) is 0 Å². The number of carbonyl (C=O) groups is 1. The summed E-state index contributed by atoms with van der Waals surface area (Å²) in [6.45, 7) is 9.51. The number of nitrogens with zero attached hydrogens (tertiary/aromatic N) is 2. The van der Waals surface area contributed by atoms with E-state index in [9.17, 15) is 4.79 Å². The topological polar surface area (TPSA) is 69.8 Å². The smallest absolute Gasteiger partial charge is 0.335 e.